The average molecular weight is 181 g/mol. The van der Waals surface area contributed by atoms with Crippen molar-refractivity contribution in [1.29, 1.82) is 0 Å². The van der Waals surface area contributed by atoms with Crippen LogP contribution < -0.4 is 5.32 Å². The van der Waals surface area contributed by atoms with E-state index in [1.54, 1.807) is 6.92 Å². The van der Waals surface area contributed by atoms with Gasteiger partial charge in [-0.1, -0.05) is 20.8 Å². The highest BCUT2D eigenvalue weighted by atomic mass is 16.1. The zero-order valence-corrected chi connectivity index (χ0v) is 8.98. The Kier molecular flexibility index (Phi) is 6.05. The first-order chi connectivity index (χ1) is 6.09. The van der Waals surface area contributed by atoms with Gasteiger partial charge in [0.1, 0.15) is 0 Å². The van der Waals surface area contributed by atoms with Crippen molar-refractivity contribution in [2.45, 2.75) is 34.1 Å². The maximum atomic E-state index is 11.4. The lowest BCUT2D eigenvalue weighted by molar-refractivity contribution is -0.125. The standard InChI is InChI=1S/C11H19NO/c1-5-6-7-8-12-11(13)10(4)9(2)3/h9-10H,7-8H2,1-4H3,(H,12,13). The van der Waals surface area contributed by atoms with E-state index < -0.39 is 0 Å². The van der Waals surface area contributed by atoms with E-state index in [0.29, 0.717) is 12.5 Å². The van der Waals surface area contributed by atoms with Crippen LogP contribution in [-0.2, 0) is 4.79 Å². The number of hydrogen-bond acceptors (Lipinski definition) is 1. The molecule has 0 radical (unpaired) electrons. The summed E-state index contributed by atoms with van der Waals surface area (Å²) in [7, 11) is 0. The third-order valence-corrected chi connectivity index (χ3v) is 2.14. The lowest BCUT2D eigenvalue weighted by Gasteiger charge is -2.14. The van der Waals surface area contributed by atoms with Crippen molar-refractivity contribution in [2.24, 2.45) is 11.8 Å². The minimum atomic E-state index is 0.0922. The first kappa shape index (κ1) is 12.0. The fourth-order valence-electron chi connectivity index (χ4n) is 0.837. The first-order valence-electron chi connectivity index (χ1n) is 4.77. The summed E-state index contributed by atoms with van der Waals surface area (Å²) >= 11 is 0. The van der Waals surface area contributed by atoms with E-state index in [1.165, 1.54) is 0 Å². The van der Waals surface area contributed by atoms with Crippen molar-refractivity contribution >= 4 is 5.91 Å². The second-order valence-electron chi connectivity index (χ2n) is 3.50. The van der Waals surface area contributed by atoms with Gasteiger partial charge >= 0.3 is 0 Å². The van der Waals surface area contributed by atoms with Crippen molar-refractivity contribution in [3.63, 3.8) is 0 Å². The predicted molar refractivity (Wildman–Crippen MR) is 55.1 cm³/mol. The molecule has 0 saturated carbocycles. The van der Waals surface area contributed by atoms with E-state index >= 15 is 0 Å². The van der Waals surface area contributed by atoms with Gasteiger partial charge in [0.05, 0.1) is 0 Å². The molecule has 0 aromatic heterocycles. The molecule has 0 aliphatic carbocycles. The fraction of sp³-hybridized carbons (Fsp3) is 0.727. The van der Waals surface area contributed by atoms with Crippen LogP contribution in [0.25, 0.3) is 0 Å². The molecular formula is C11H19NO. The molecule has 0 spiro atoms. The van der Waals surface area contributed by atoms with Gasteiger partial charge in [-0.3, -0.25) is 4.79 Å². The zero-order valence-electron chi connectivity index (χ0n) is 8.98. The molecule has 74 valence electrons. The molecule has 0 rings (SSSR count). The summed E-state index contributed by atoms with van der Waals surface area (Å²) in [5.74, 6) is 6.32. The summed E-state index contributed by atoms with van der Waals surface area (Å²) in [6, 6.07) is 0. The Morgan fingerprint density at radius 3 is 2.46 bits per heavy atom. The summed E-state index contributed by atoms with van der Waals surface area (Å²) < 4.78 is 0. The van der Waals surface area contributed by atoms with Crippen molar-refractivity contribution in [3.05, 3.63) is 0 Å². The molecule has 1 N–H and O–H groups in total. The molecule has 0 aliphatic heterocycles. The van der Waals surface area contributed by atoms with Gasteiger partial charge < -0.3 is 5.32 Å². The van der Waals surface area contributed by atoms with Gasteiger partial charge in [0.25, 0.3) is 0 Å². The topological polar surface area (TPSA) is 29.1 Å². The van der Waals surface area contributed by atoms with Crippen LogP contribution >= 0.6 is 0 Å². The van der Waals surface area contributed by atoms with Crippen LogP contribution in [0.15, 0.2) is 0 Å². The fourth-order valence-corrected chi connectivity index (χ4v) is 0.837. The molecule has 0 aliphatic rings. The molecule has 0 fully saturated rings. The van der Waals surface area contributed by atoms with E-state index in [9.17, 15) is 4.79 Å². The molecule has 1 atom stereocenters. The van der Waals surface area contributed by atoms with Crippen LogP contribution in [0.2, 0.25) is 0 Å². The summed E-state index contributed by atoms with van der Waals surface area (Å²) in [6.45, 7) is 8.52. The van der Waals surface area contributed by atoms with E-state index in [-0.39, 0.29) is 11.8 Å². The lowest BCUT2D eigenvalue weighted by Crippen LogP contribution is -2.32. The Morgan fingerprint density at radius 2 is 2.00 bits per heavy atom. The largest absolute Gasteiger partial charge is 0.355 e. The molecular weight excluding hydrogens is 162 g/mol. The minimum absolute atomic E-state index is 0.0922. The molecule has 2 nitrogen and oxygen atoms in total. The average Bonchev–Trinajstić information content (AvgIpc) is 2.10. The SMILES string of the molecule is CC#CCCNC(=O)C(C)C(C)C. The summed E-state index contributed by atoms with van der Waals surface area (Å²) in [5.41, 5.74) is 0. The third-order valence-electron chi connectivity index (χ3n) is 2.14. The molecule has 0 saturated heterocycles. The maximum Gasteiger partial charge on any atom is 0.223 e. The predicted octanol–water partition coefficient (Wildman–Crippen LogP) is 1.81. The summed E-state index contributed by atoms with van der Waals surface area (Å²) in [4.78, 5) is 11.4. The molecule has 1 amide bonds. The normalized spacial score (nSPS) is 11.8. The van der Waals surface area contributed by atoms with E-state index in [4.69, 9.17) is 0 Å². The van der Waals surface area contributed by atoms with Crippen molar-refractivity contribution in [2.75, 3.05) is 6.54 Å². The number of carbonyl (C=O) groups excluding carboxylic acids is 1. The molecule has 0 heterocycles. The highest BCUT2D eigenvalue weighted by Gasteiger charge is 2.15. The third kappa shape index (κ3) is 5.30. The Hall–Kier alpha value is -0.970. The van der Waals surface area contributed by atoms with Crippen LogP contribution in [0.4, 0.5) is 0 Å². The number of amides is 1. The number of nitrogens with one attached hydrogen (secondary N) is 1. The Labute approximate surface area is 81.1 Å². The van der Waals surface area contributed by atoms with E-state index in [0.717, 1.165) is 6.42 Å². The summed E-state index contributed by atoms with van der Waals surface area (Å²) in [5, 5.41) is 2.86. The van der Waals surface area contributed by atoms with Crippen LogP contribution in [0.5, 0.6) is 0 Å². The molecule has 0 aromatic rings. The maximum absolute atomic E-state index is 11.4. The molecule has 13 heavy (non-hydrogen) atoms. The van der Waals surface area contributed by atoms with Gasteiger partial charge in [-0.2, -0.15) is 0 Å². The second-order valence-corrected chi connectivity index (χ2v) is 3.50. The van der Waals surface area contributed by atoms with Crippen LogP contribution in [-0.4, -0.2) is 12.5 Å². The van der Waals surface area contributed by atoms with Gasteiger partial charge in [0.2, 0.25) is 5.91 Å². The summed E-state index contributed by atoms with van der Waals surface area (Å²) in [6.07, 6.45) is 0.743. The molecule has 0 bridgehead atoms. The number of carbonyl (C=O) groups is 1. The Bertz CT molecular complexity index is 210. The van der Waals surface area contributed by atoms with Crippen molar-refractivity contribution in [3.8, 4) is 11.8 Å². The highest BCUT2D eigenvalue weighted by Crippen LogP contribution is 2.08. The minimum Gasteiger partial charge on any atom is -0.355 e. The van der Waals surface area contributed by atoms with Crippen LogP contribution in [0, 0.1) is 23.7 Å². The second kappa shape index (κ2) is 6.54. The monoisotopic (exact) mass is 181 g/mol. The van der Waals surface area contributed by atoms with Gasteiger partial charge in [-0.25, -0.2) is 0 Å². The van der Waals surface area contributed by atoms with Crippen molar-refractivity contribution < 1.29 is 4.79 Å². The van der Waals surface area contributed by atoms with Crippen LogP contribution in [0.3, 0.4) is 0 Å². The molecule has 2 heteroatoms. The van der Waals surface area contributed by atoms with Crippen LogP contribution in [0.1, 0.15) is 34.1 Å². The molecule has 1 unspecified atom stereocenters. The van der Waals surface area contributed by atoms with Gasteiger partial charge in [0.15, 0.2) is 0 Å². The van der Waals surface area contributed by atoms with Gasteiger partial charge in [0, 0.05) is 18.9 Å². The molecule has 0 aromatic carbocycles. The Morgan fingerprint density at radius 1 is 1.38 bits per heavy atom. The number of hydrogen-bond donors (Lipinski definition) is 1. The zero-order chi connectivity index (χ0) is 10.3. The quantitative estimate of drug-likeness (QED) is 0.520. The van der Waals surface area contributed by atoms with E-state index in [2.05, 4.69) is 31.0 Å². The highest BCUT2D eigenvalue weighted by molar-refractivity contribution is 5.78. The lowest BCUT2D eigenvalue weighted by atomic mass is 9.97. The van der Waals surface area contributed by atoms with Crippen molar-refractivity contribution in [1.82, 2.24) is 5.32 Å². The van der Waals surface area contributed by atoms with Gasteiger partial charge in [-0.05, 0) is 12.8 Å². The Balaban J connectivity index is 3.66. The van der Waals surface area contributed by atoms with Gasteiger partial charge in [-0.15, -0.1) is 11.8 Å². The van der Waals surface area contributed by atoms with E-state index in [1.807, 2.05) is 6.92 Å². The number of rotatable bonds is 4. The first-order valence-corrected chi connectivity index (χ1v) is 4.77. The smallest absolute Gasteiger partial charge is 0.223 e.